The van der Waals surface area contributed by atoms with E-state index in [2.05, 4.69) is 57.4 Å². The zero-order chi connectivity index (χ0) is 18.9. The van der Waals surface area contributed by atoms with E-state index in [9.17, 15) is 4.79 Å². The summed E-state index contributed by atoms with van der Waals surface area (Å²) in [7, 11) is -1.87. The van der Waals surface area contributed by atoms with Gasteiger partial charge in [0.2, 0.25) is 5.91 Å². The van der Waals surface area contributed by atoms with Crippen molar-refractivity contribution in [3.8, 4) is 0 Å². The van der Waals surface area contributed by atoms with Crippen molar-refractivity contribution in [3.05, 3.63) is 89.1 Å². The lowest BCUT2D eigenvalue weighted by Crippen LogP contribution is -2.49. The fourth-order valence-electron chi connectivity index (χ4n) is 3.60. The lowest BCUT2D eigenvalue weighted by atomic mass is 9.89. The monoisotopic (exact) mass is 361 g/mol. The average molecular weight is 362 g/mol. The molecule has 2 aromatic carbocycles. The Hall–Kier alpha value is -2.39. The van der Waals surface area contributed by atoms with Gasteiger partial charge in [-0.05, 0) is 29.2 Å². The van der Waals surface area contributed by atoms with E-state index in [0.717, 1.165) is 27.5 Å². The van der Waals surface area contributed by atoms with E-state index in [1.807, 2.05) is 41.3 Å². The summed E-state index contributed by atoms with van der Waals surface area (Å²) in [6.07, 6.45) is 0. The molecular formula is C23H27NOSi. The largest absolute Gasteiger partial charge is 0.328 e. The molecular weight excluding hydrogens is 334 g/mol. The summed E-state index contributed by atoms with van der Waals surface area (Å²) < 4.78 is 0. The minimum atomic E-state index is -1.87. The van der Waals surface area contributed by atoms with Gasteiger partial charge in [0.25, 0.3) is 0 Å². The highest BCUT2D eigenvalue weighted by molar-refractivity contribution is 6.88. The minimum Gasteiger partial charge on any atom is -0.328 e. The van der Waals surface area contributed by atoms with Crippen molar-refractivity contribution in [2.75, 3.05) is 0 Å². The number of nitrogens with zero attached hydrogens (tertiary/aromatic N) is 1. The molecule has 1 atom stereocenters. The van der Waals surface area contributed by atoms with Crippen LogP contribution in [0.25, 0.3) is 5.57 Å². The standard InChI is InChI=1S/C23H27NOSi/c1-17-18(2)24(16-19-12-8-6-9-13-19)23(25)22(26(3,4)5)21(17)20-14-10-7-11-15-20/h6-15,18H,1,16H2,2-5H3. The quantitative estimate of drug-likeness (QED) is 0.676. The number of amides is 1. The molecule has 0 aromatic heterocycles. The van der Waals surface area contributed by atoms with Gasteiger partial charge in [0, 0.05) is 11.7 Å². The maximum atomic E-state index is 13.6. The first kappa shape index (κ1) is 18.4. The van der Waals surface area contributed by atoms with Gasteiger partial charge in [-0.25, -0.2) is 0 Å². The van der Waals surface area contributed by atoms with Crippen LogP contribution < -0.4 is 0 Å². The van der Waals surface area contributed by atoms with Gasteiger partial charge in [0.05, 0.1) is 14.1 Å². The molecule has 2 nitrogen and oxygen atoms in total. The molecule has 1 amide bonds. The highest BCUT2D eigenvalue weighted by Crippen LogP contribution is 2.39. The van der Waals surface area contributed by atoms with E-state index >= 15 is 0 Å². The van der Waals surface area contributed by atoms with E-state index in [4.69, 9.17) is 0 Å². The first-order valence-corrected chi connectivity index (χ1v) is 12.6. The van der Waals surface area contributed by atoms with Crippen LogP contribution in [0, 0.1) is 0 Å². The number of carbonyl (C=O) groups is 1. The van der Waals surface area contributed by atoms with Crippen LogP contribution in [-0.2, 0) is 11.3 Å². The first-order valence-electron chi connectivity index (χ1n) is 9.15. The van der Waals surface area contributed by atoms with E-state index in [1.165, 1.54) is 0 Å². The van der Waals surface area contributed by atoms with Gasteiger partial charge in [-0.2, -0.15) is 0 Å². The second kappa shape index (κ2) is 7.08. The van der Waals surface area contributed by atoms with Gasteiger partial charge >= 0.3 is 0 Å². The number of carbonyl (C=O) groups excluding carboxylic acids is 1. The Balaban J connectivity index is 2.12. The molecule has 134 valence electrons. The second-order valence-corrected chi connectivity index (χ2v) is 13.0. The van der Waals surface area contributed by atoms with Crippen LogP contribution in [0.5, 0.6) is 0 Å². The Kier molecular flexibility index (Phi) is 5.01. The van der Waals surface area contributed by atoms with Crippen molar-refractivity contribution in [2.45, 2.75) is 39.2 Å². The fourth-order valence-corrected chi connectivity index (χ4v) is 5.44. The molecule has 1 aliphatic heterocycles. The van der Waals surface area contributed by atoms with Crippen LogP contribution in [0.1, 0.15) is 18.1 Å². The summed E-state index contributed by atoms with van der Waals surface area (Å²) in [4.78, 5) is 15.6. The smallest absolute Gasteiger partial charge is 0.247 e. The molecule has 0 saturated carbocycles. The van der Waals surface area contributed by atoms with Gasteiger partial charge in [-0.1, -0.05) is 86.9 Å². The van der Waals surface area contributed by atoms with Crippen molar-refractivity contribution in [3.63, 3.8) is 0 Å². The molecule has 3 heteroatoms. The Morgan fingerprint density at radius 1 is 0.962 bits per heavy atom. The van der Waals surface area contributed by atoms with Crippen LogP contribution in [-0.4, -0.2) is 24.9 Å². The van der Waals surface area contributed by atoms with E-state index in [1.54, 1.807) is 0 Å². The summed E-state index contributed by atoms with van der Waals surface area (Å²) in [5.41, 5.74) is 4.38. The Labute approximate surface area is 157 Å². The van der Waals surface area contributed by atoms with Crippen LogP contribution in [0.3, 0.4) is 0 Å². The third-order valence-corrected chi connectivity index (χ3v) is 6.99. The molecule has 1 aliphatic rings. The topological polar surface area (TPSA) is 20.3 Å². The molecule has 0 aliphatic carbocycles. The van der Waals surface area contributed by atoms with Crippen molar-refractivity contribution >= 4 is 19.6 Å². The van der Waals surface area contributed by atoms with Gasteiger partial charge < -0.3 is 4.90 Å². The van der Waals surface area contributed by atoms with Crippen LogP contribution >= 0.6 is 0 Å². The molecule has 26 heavy (non-hydrogen) atoms. The minimum absolute atomic E-state index is 0.0157. The maximum Gasteiger partial charge on any atom is 0.247 e. The third kappa shape index (κ3) is 3.45. The summed E-state index contributed by atoms with van der Waals surface area (Å²) in [5.74, 6) is 0.173. The van der Waals surface area contributed by atoms with Crippen molar-refractivity contribution in [1.82, 2.24) is 4.90 Å². The van der Waals surface area contributed by atoms with E-state index < -0.39 is 8.07 Å². The summed E-state index contributed by atoms with van der Waals surface area (Å²) in [6, 6.07) is 20.4. The number of rotatable bonds is 4. The van der Waals surface area contributed by atoms with Crippen LogP contribution in [0.4, 0.5) is 0 Å². The summed E-state index contributed by atoms with van der Waals surface area (Å²) in [5, 5.41) is 0.989. The normalized spacial score (nSPS) is 18.5. The van der Waals surface area contributed by atoms with Crippen molar-refractivity contribution in [1.29, 1.82) is 0 Å². The molecule has 0 radical (unpaired) electrons. The molecule has 2 aromatic rings. The Morgan fingerprint density at radius 2 is 1.50 bits per heavy atom. The van der Waals surface area contributed by atoms with Crippen molar-refractivity contribution < 1.29 is 4.79 Å². The zero-order valence-corrected chi connectivity index (χ0v) is 17.1. The highest BCUT2D eigenvalue weighted by Gasteiger charge is 2.40. The summed E-state index contributed by atoms with van der Waals surface area (Å²) >= 11 is 0. The van der Waals surface area contributed by atoms with E-state index in [-0.39, 0.29) is 11.9 Å². The Morgan fingerprint density at radius 3 is 2.04 bits per heavy atom. The van der Waals surface area contributed by atoms with Gasteiger partial charge in [-0.3, -0.25) is 4.79 Å². The SMILES string of the molecule is C=C1C(c2ccccc2)=C([Si](C)(C)C)C(=O)N(Cc2ccccc2)C1C. The molecule has 0 N–H and O–H groups in total. The molecule has 0 fully saturated rings. The van der Waals surface area contributed by atoms with Crippen LogP contribution in [0.2, 0.25) is 19.6 Å². The molecule has 0 bridgehead atoms. The lowest BCUT2D eigenvalue weighted by molar-refractivity contribution is -0.128. The lowest BCUT2D eigenvalue weighted by Gasteiger charge is -2.41. The second-order valence-electron chi connectivity index (χ2n) is 7.99. The Bertz CT molecular complexity index is 847. The predicted molar refractivity (Wildman–Crippen MR) is 112 cm³/mol. The molecule has 0 spiro atoms. The first-order chi connectivity index (χ1) is 12.3. The molecule has 1 unspecified atom stereocenters. The summed E-state index contributed by atoms with van der Waals surface area (Å²) in [6.45, 7) is 13.9. The number of hydrogen-bond donors (Lipinski definition) is 0. The predicted octanol–water partition coefficient (Wildman–Crippen LogP) is 5.30. The third-order valence-electron chi connectivity index (χ3n) is 5.03. The number of hydrogen-bond acceptors (Lipinski definition) is 1. The maximum absolute atomic E-state index is 13.6. The van der Waals surface area contributed by atoms with Gasteiger partial charge in [-0.15, -0.1) is 0 Å². The number of benzene rings is 2. The average Bonchev–Trinajstić information content (AvgIpc) is 2.62. The van der Waals surface area contributed by atoms with Gasteiger partial charge in [0.15, 0.2) is 0 Å². The van der Waals surface area contributed by atoms with Crippen molar-refractivity contribution in [2.24, 2.45) is 0 Å². The molecule has 3 rings (SSSR count). The highest BCUT2D eigenvalue weighted by atomic mass is 28.3. The van der Waals surface area contributed by atoms with Gasteiger partial charge in [0.1, 0.15) is 0 Å². The van der Waals surface area contributed by atoms with Crippen LogP contribution in [0.15, 0.2) is 78.0 Å². The molecule has 0 saturated heterocycles. The van der Waals surface area contributed by atoms with E-state index in [0.29, 0.717) is 6.54 Å². The zero-order valence-electron chi connectivity index (χ0n) is 16.1. The molecule has 1 heterocycles. The fraction of sp³-hybridized carbons (Fsp3) is 0.261.